The lowest BCUT2D eigenvalue weighted by molar-refractivity contribution is -0.138. The molecule has 0 aliphatic heterocycles. The number of carbonyl (C=O) groups is 1. The maximum atomic E-state index is 11.2. The molecule has 2 aromatic rings. The molecule has 0 fully saturated rings. The summed E-state index contributed by atoms with van der Waals surface area (Å²) in [6.45, 7) is 5.75. The van der Waals surface area contributed by atoms with Crippen molar-refractivity contribution in [2.24, 2.45) is 0 Å². The maximum absolute atomic E-state index is 11.2. The minimum absolute atomic E-state index is 0.166. The molecule has 2 rings (SSSR count). The van der Waals surface area contributed by atoms with Gasteiger partial charge >= 0.3 is 5.97 Å². The summed E-state index contributed by atoms with van der Waals surface area (Å²) in [5.74, 6) is -1.37. The molecule has 1 aromatic carbocycles. The zero-order valence-corrected chi connectivity index (χ0v) is 11.4. The zero-order valence-electron chi connectivity index (χ0n) is 10.6. The molecule has 1 heterocycles. The maximum Gasteiger partial charge on any atom is 0.312 e. The number of hydrogen-bond acceptors (Lipinski definition) is 1. The van der Waals surface area contributed by atoms with Crippen molar-refractivity contribution in [1.82, 2.24) is 4.57 Å². The van der Waals surface area contributed by atoms with Crippen LogP contribution in [0.3, 0.4) is 0 Å². The van der Waals surface area contributed by atoms with Crippen molar-refractivity contribution in [3.63, 3.8) is 0 Å². The molecule has 1 aromatic heterocycles. The lowest BCUT2D eigenvalue weighted by Crippen LogP contribution is -2.14. The van der Waals surface area contributed by atoms with Gasteiger partial charge in [0.25, 0.3) is 0 Å². The van der Waals surface area contributed by atoms with Gasteiger partial charge in [-0.15, -0.1) is 0 Å². The third kappa shape index (κ3) is 1.99. The van der Waals surface area contributed by atoms with E-state index in [-0.39, 0.29) is 6.04 Å². The fourth-order valence-electron chi connectivity index (χ4n) is 2.28. The summed E-state index contributed by atoms with van der Waals surface area (Å²) in [4.78, 5) is 11.2. The number of aliphatic carboxylic acids is 1. The van der Waals surface area contributed by atoms with Gasteiger partial charge in [-0.3, -0.25) is 4.79 Å². The van der Waals surface area contributed by atoms with Crippen LogP contribution in [0.4, 0.5) is 0 Å². The highest BCUT2D eigenvalue weighted by Gasteiger charge is 2.22. The molecule has 0 aliphatic rings. The number of carboxylic acids is 1. The van der Waals surface area contributed by atoms with Crippen LogP contribution in [0.25, 0.3) is 10.9 Å². The summed E-state index contributed by atoms with van der Waals surface area (Å²) in [6.07, 6.45) is 0. The molecule has 1 atom stereocenters. The van der Waals surface area contributed by atoms with Gasteiger partial charge in [-0.1, -0.05) is 23.7 Å². The van der Waals surface area contributed by atoms with Crippen LogP contribution in [0.5, 0.6) is 0 Å². The molecular formula is C14H16ClNO2. The average Bonchev–Trinajstić information content (AvgIpc) is 2.68. The van der Waals surface area contributed by atoms with Crippen LogP contribution in [-0.4, -0.2) is 15.6 Å². The molecule has 0 saturated carbocycles. The molecule has 0 amide bonds. The Bertz CT molecular complexity index is 601. The van der Waals surface area contributed by atoms with Crippen LogP contribution < -0.4 is 0 Å². The second kappa shape index (κ2) is 4.65. The molecule has 18 heavy (non-hydrogen) atoms. The zero-order chi connectivity index (χ0) is 13.4. The van der Waals surface area contributed by atoms with E-state index in [1.54, 1.807) is 6.92 Å². The van der Waals surface area contributed by atoms with E-state index in [9.17, 15) is 9.90 Å². The van der Waals surface area contributed by atoms with E-state index >= 15 is 0 Å². The predicted molar refractivity (Wildman–Crippen MR) is 73.4 cm³/mol. The molecule has 1 unspecified atom stereocenters. The van der Waals surface area contributed by atoms with Gasteiger partial charge in [-0.25, -0.2) is 0 Å². The van der Waals surface area contributed by atoms with E-state index in [1.807, 2.05) is 42.7 Å². The van der Waals surface area contributed by atoms with Crippen LogP contribution in [0.2, 0.25) is 5.02 Å². The Morgan fingerprint density at radius 1 is 1.33 bits per heavy atom. The Balaban J connectivity index is 2.78. The highest BCUT2D eigenvalue weighted by Crippen LogP contribution is 2.33. The molecule has 4 heteroatoms. The van der Waals surface area contributed by atoms with E-state index in [2.05, 4.69) is 0 Å². The molecule has 0 spiro atoms. The van der Waals surface area contributed by atoms with Crippen LogP contribution in [0.15, 0.2) is 24.3 Å². The summed E-state index contributed by atoms with van der Waals surface area (Å²) < 4.78 is 2.01. The topological polar surface area (TPSA) is 42.2 Å². The normalized spacial score (nSPS) is 13.2. The van der Waals surface area contributed by atoms with Crippen molar-refractivity contribution in [3.8, 4) is 0 Å². The van der Waals surface area contributed by atoms with E-state index < -0.39 is 11.9 Å². The SMILES string of the molecule is CC(C(=O)O)c1cc2cccc(Cl)c2n1C(C)C. The van der Waals surface area contributed by atoms with Gasteiger partial charge in [-0.2, -0.15) is 0 Å². The van der Waals surface area contributed by atoms with Crippen LogP contribution >= 0.6 is 11.6 Å². The van der Waals surface area contributed by atoms with Crippen molar-refractivity contribution >= 4 is 28.5 Å². The van der Waals surface area contributed by atoms with Crippen molar-refractivity contribution in [2.45, 2.75) is 32.7 Å². The first-order chi connectivity index (χ1) is 8.43. The van der Waals surface area contributed by atoms with Crippen molar-refractivity contribution in [3.05, 3.63) is 35.0 Å². The molecule has 0 aliphatic carbocycles. The Morgan fingerprint density at radius 3 is 2.56 bits per heavy atom. The second-order valence-corrected chi connectivity index (χ2v) is 5.18. The van der Waals surface area contributed by atoms with Gasteiger partial charge in [0.1, 0.15) is 0 Å². The number of aromatic nitrogens is 1. The van der Waals surface area contributed by atoms with Gasteiger partial charge < -0.3 is 9.67 Å². The van der Waals surface area contributed by atoms with E-state index in [1.165, 1.54) is 0 Å². The number of nitrogens with zero attached hydrogens (tertiary/aromatic N) is 1. The summed E-state index contributed by atoms with van der Waals surface area (Å²) in [5, 5.41) is 10.8. The first-order valence-corrected chi connectivity index (χ1v) is 6.33. The Kier molecular flexibility index (Phi) is 3.35. The first-order valence-electron chi connectivity index (χ1n) is 5.95. The van der Waals surface area contributed by atoms with Crippen LogP contribution in [0.1, 0.15) is 38.4 Å². The number of fused-ring (bicyclic) bond motifs is 1. The fourth-order valence-corrected chi connectivity index (χ4v) is 2.55. The Morgan fingerprint density at radius 2 is 2.00 bits per heavy atom. The smallest absolute Gasteiger partial charge is 0.312 e. The lowest BCUT2D eigenvalue weighted by atomic mass is 10.1. The van der Waals surface area contributed by atoms with Gasteiger partial charge in [0.2, 0.25) is 0 Å². The van der Waals surface area contributed by atoms with Crippen molar-refractivity contribution < 1.29 is 9.90 Å². The van der Waals surface area contributed by atoms with E-state index in [4.69, 9.17) is 11.6 Å². The van der Waals surface area contributed by atoms with Crippen molar-refractivity contribution in [2.75, 3.05) is 0 Å². The van der Waals surface area contributed by atoms with E-state index in [0.717, 1.165) is 16.6 Å². The summed E-state index contributed by atoms with van der Waals surface area (Å²) >= 11 is 6.24. The highest BCUT2D eigenvalue weighted by molar-refractivity contribution is 6.35. The van der Waals surface area contributed by atoms with Gasteiger partial charge in [0.05, 0.1) is 16.5 Å². The standard InChI is InChI=1S/C14H16ClNO2/c1-8(2)16-12(9(3)14(17)18)7-10-5-4-6-11(15)13(10)16/h4-9H,1-3H3,(H,17,18). The number of rotatable bonds is 3. The largest absolute Gasteiger partial charge is 0.481 e. The monoisotopic (exact) mass is 265 g/mol. The molecule has 3 nitrogen and oxygen atoms in total. The third-order valence-electron chi connectivity index (χ3n) is 3.17. The first kappa shape index (κ1) is 13.0. The molecular weight excluding hydrogens is 250 g/mol. The number of halogens is 1. The Labute approximate surface area is 111 Å². The van der Waals surface area contributed by atoms with Crippen LogP contribution in [-0.2, 0) is 4.79 Å². The minimum atomic E-state index is -0.823. The van der Waals surface area contributed by atoms with Gasteiger partial charge in [0, 0.05) is 17.1 Å². The minimum Gasteiger partial charge on any atom is -0.481 e. The van der Waals surface area contributed by atoms with Gasteiger partial charge in [0.15, 0.2) is 0 Å². The summed E-state index contributed by atoms with van der Waals surface area (Å²) in [7, 11) is 0. The number of carboxylic acid groups (broad SMARTS) is 1. The Hall–Kier alpha value is -1.48. The number of benzene rings is 1. The number of para-hydroxylation sites is 1. The molecule has 0 saturated heterocycles. The van der Waals surface area contributed by atoms with E-state index in [0.29, 0.717) is 5.02 Å². The number of hydrogen-bond donors (Lipinski definition) is 1. The molecule has 0 bridgehead atoms. The predicted octanol–water partition coefficient (Wildman–Crippen LogP) is 4.06. The van der Waals surface area contributed by atoms with Crippen LogP contribution in [0, 0.1) is 0 Å². The third-order valence-corrected chi connectivity index (χ3v) is 3.48. The summed E-state index contributed by atoms with van der Waals surface area (Å²) in [6, 6.07) is 7.75. The lowest BCUT2D eigenvalue weighted by Gasteiger charge is -2.17. The van der Waals surface area contributed by atoms with Crippen molar-refractivity contribution in [1.29, 1.82) is 0 Å². The average molecular weight is 266 g/mol. The fraction of sp³-hybridized carbons (Fsp3) is 0.357. The molecule has 0 radical (unpaired) electrons. The molecule has 96 valence electrons. The van der Waals surface area contributed by atoms with Gasteiger partial charge in [-0.05, 0) is 32.9 Å². The quantitative estimate of drug-likeness (QED) is 0.909. The highest BCUT2D eigenvalue weighted by atomic mass is 35.5. The molecule has 1 N–H and O–H groups in total. The summed E-state index contributed by atoms with van der Waals surface area (Å²) in [5.41, 5.74) is 1.71. The second-order valence-electron chi connectivity index (χ2n) is 4.77.